The number of hydrogen-bond acceptors (Lipinski definition) is 3. The highest BCUT2D eigenvalue weighted by Gasteiger charge is 2.26. The molecule has 1 amide bonds. The van der Waals surface area contributed by atoms with Gasteiger partial charge in [-0.05, 0) is 30.9 Å². The summed E-state index contributed by atoms with van der Waals surface area (Å²) in [5.41, 5.74) is 0.572. The lowest BCUT2D eigenvalue weighted by atomic mass is 9.96. The van der Waals surface area contributed by atoms with Crippen LogP contribution < -0.4 is 15.2 Å². The summed E-state index contributed by atoms with van der Waals surface area (Å²) in [4.78, 5) is 26.1. The third-order valence-electron chi connectivity index (χ3n) is 4.34. The number of amides is 1. The molecule has 6 nitrogen and oxygen atoms in total. The Morgan fingerprint density at radius 1 is 1.26 bits per heavy atom. The first-order valence-corrected chi connectivity index (χ1v) is 9.33. The SMILES string of the molecule is CCCCOc1c(N(C)C(=O)O)n(CC(C)(C)C)c(=O)c2ccc(C)cc12. The predicted molar refractivity (Wildman–Crippen MR) is 109 cm³/mol. The van der Waals surface area contributed by atoms with Crippen molar-refractivity contribution in [2.45, 2.75) is 54.0 Å². The fraction of sp³-hybridized carbons (Fsp3) is 0.524. The van der Waals surface area contributed by atoms with Crippen LogP contribution in [0.1, 0.15) is 46.1 Å². The van der Waals surface area contributed by atoms with E-state index in [-0.39, 0.29) is 16.8 Å². The summed E-state index contributed by atoms with van der Waals surface area (Å²) in [6, 6.07) is 5.57. The fourth-order valence-electron chi connectivity index (χ4n) is 3.02. The molecule has 2 aromatic rings. The van der Waals surface area contributed by atoms with Crippen molar-refractivity contribution in [2.24, 2.45) is 5.41 Å². The zero-order valence-electron chi connectivity index (χ0n) is 17.1. The van der Waals surface area contributed by atoms with Crippen molar-refractivity contribution in [1.82, 2.24) is 4.57 Å². The molecule has 0 atom stereocenters. The van der Waals surface area contributed by atoms with Gasteiger partial charge in [-0.2, -0.15) is 0 Å². The number of carbonyl (C=O) groups is 1. The third-order valence-corrected chi connectivity index (χ3v) is 4.34. The summed E-state index contributed by atoms with van der Waals surface area (Å²) in [7, 11) is 1.45. The summed E-state index contributed by atoms with van der Waals surface area (Å²) < 4.78 is 7.60. The smallest absolute Gasteiger partial charge is 0.412 e. The van der Waals surface area contributed by atoms with Gasteiger partial charge in [-0.1, -0.05) is 45.7 Å². The first-order chi connectivity index (χ1) is 12.6. The number of nitrogens with zero attached hydrogens (tertiary/aromatic N) is 2. The molecule has 0 spiro atoms. The molecule has 27 heavy (non-hydrogen) atoms. The van der Waals surface area contributed by atoms with Crippen LogP contribution in [0.15, 0.2) is 23.0 Å². The van der Waals surface area contributed by atoms with Gasteiger partial charge in [0.1, 0.15) is 0 Å². The average Bonchev–Trinajstić information content (AvgIpc) is 2.57. The summed E-state index contributed by atoms with van der Waals surface area (Å²) in [6.07, 6.45) is 0.675. The van der Waals surface area contributed by atoms with E-state index < -0.39 is 6.09 Å². The topological polar surface area (TPSA) is 71.8 Å². The van der Waals surface area contributed by atoms with Crippen LogP contribution in [-0.4, -0.2) is 29.4 Å². The van der Waals surface area contributed by atoms with Crippen LogP contribution in [-0.2, 0) is 6.54 Å². The predicted octanol–water partition coefficient (Wildman–Crippen LogP) is 4.65. The van der Waals surface area contributed by atoms with Gasteiger partial charge in [0.25, 0.3) is 5.56 Å². The number of fused-ring (bicyclic) bond motifs is 1. The highest BCUT2D eigenvalue weighted by Crippen LogP contribution is 2.36. The Labute approximate surface area is 160 Å². The summed E-state index contributed by atoms with van der Waals surface area (Å²) in [5.74, 6) is 0.743. The maximum absolute atomic E-state index is 13.2. The number of aryl methyl sites for hydroxylation is 1. The van der Waals surface area contributed by atoms with Crippen LogP contribution in [0.5, 0.6) is 5.75 Å². The number of aromatic nitrogens is 1. The molecule has 0 radical (unpaired) electrons. The minimum atomic E-state index is -1.13. The van der Waals surface area contributed by atoms with Crippen molar-refractivity contribution < 1.29 is 14.6 Å². The Morgan fingerprint density at radius 2 is 1.93 bits per heavy atom. The number of hydrogen-bond donors (Lipinski definition) is 1. The third kappa shape index (κ3) is 4.62. The van der Waals surface area contributed by atoms with Gasteiger partial charge in [-0.25, -0.2) is 4.79 Å². The molecule has 0 fully saturated rings. The van der Waals surface area contributed by atoms with Gasteiger partial charge >= 0.3 is 6.09 Å². The van der Waals surface area contributed by atoms with Crippen molar-refractivity contribution >= 4 is 22.7 Å². The molecule has 0 saturated carbocycles. The van der Waals surface area contributed by atoms with Crippen molar-refractivity contribution in [3.63, 3.8) is 0 Å². The standard InChI is InChI=1S/C21H30N2O4/c1-7-8-11-27-17-16-12-14(2)9-10-15(16)19(24)23(13-21(3,4)5)18(17)22(6)20(25)26/h9-10,12H,7-8,11,13H2,1-6H3,(H,25,26). The van der Waals surface area contributed by atoms with E-state index >= 15 is 0 Å². The molecular formula is C21H30N2O4. The molecule has 0 aliphatic carbocycles. The van der Waals surface area contributed by atoms with E-state index in [0.29, 0.717) is 29.7 Å². The zero-order valence-corrected chi connectivity index (χ0v) is 17.1. The van der Waals surface area contributed by atoms with Crippen LogP contribution in [0.3, 0.4) is 0 Å². The highest BCUT2D eigenvalue weighted by atomic mass is 16.5. The maximum atomic E-state index is 13.2. The molecule has 1 aromatic heterocycles. The molecule has 148 valence electrons. The number of rotatable bonds is 6. The lowest BCUT2D eigenvalue weighted by Crippen LogP contribution is -2.35. The maximum Gasteiger partial charge on any atom is 0.412 e. The Morgan fingerprint density at radius 3 is 2.48 bits per heavy atom. The highest BCUT2D eigenvalue weighted by molar-refractivity contribution is 5.96. The first-order valence-electron chi connectivity index (χ1n) is 9.33. The second-order valence-electron chi connectivity index (χ2n) is 8.20. The lowest BCUT2D eigenvalue weighted by molar-refractivity contribution is 0.202. The lowest BCUT2D eigenvalue weighted by Gasteiger charge is -2.28. The van der Waals surface area contributed by atoms with Gasteiger partial charge in [-0.3, -0.25) is 14.3 Å². The van der Waals surface area contributed by atoms with Crippen molar-refractivity contribution in [1.29, 1.82) is 0 Å². The molecule has 0 bridgehead atoms. The Bertz CT molecular complexity index is 894. The molecule has 0 aliphatic heterocycles. The normalized spacial score (nSPS) is 11.6. The second kappa shape index (κ2) is 8.03. The largest absolute Gasteiger partial charge is 0.489 e. The van der Waals surface area contributed by atoms with E-state index in [4.69, 9.17) is 4.74 Å². The van der Waals surface area contributed by atoms with Gasteiger partial charge < -0.3 is 9.84 Å². The summed E-state index contributed by atoms with van der Waals surface area (Å²) >= 11 is 0. The van der Waals surface area contributed by atoms with Gasteiger partial charge in [-0.15, -0.1) is 0 Å². The molecule has 2 rings (SSSR count). The Balaban J connectivity index is 2.89. The Hall–Kier alpha value is -2.50. The number of pyridine rings is 1. The minimum Gasteiger partial charge on any atom is -0.489 e. The number of benzene rings is 1. The van der Waals surface area contributed by atoms with Gasteiger partial charge in [0.2, 0.25) is 0 Å². The van der Waals surface area contributed by atoms with Gasteiger partial charge in [0, 0.05) is 19.0 Å². The van der Waals surface area contributed by atoms with Crippen molar-refractivity contribution in [3.8, 4) is 5.75 Å². The molecular weight excluding hydrogens is 344 g/mol. The van der Waals surface area contributed by atoms with Crippen molar-refractivity contribution in [3.05, 3.63) is 34.1 Å². The van der Waals surface area contributed by atoms with Gasteiger partial charge in [0.05, 0.1) is 12.0 Å². The molecule has 6 heteroatoms. The van der Waals surface area contributed by atoms with Gasteiger partial charge in [0.15, 0.2) is 11.6 Å². The second-order valence-corrected chi connectivity index (χ2v) is 8.20. The Kier molecular flexibility index (Phi) is 6.19. The van der Waals surface area contributed by atoms with Crippen LogP contribution in [0, 0.1) is 12.3 Å². The molecule has 0 saturated heterocycles. The first kappa shape index (κ1) is 20.8. The van der Waals surface area contributed by atoms with Crippen LogP contribution in [0.25, 0.3) is 10.8 Å². The van der Waals surface area contributed by atoms with Crippen LogP contribution in [0.2, 0.25) is 0 Å². The quantitative estimate of drug-likeness (QED) is 0.747. The molecule has 0 unspecified atom stereocenters. The van der Waals surface area contributed by atoms with Crippen LogP contribution >= 0.6 is 0 Å². The minimum absolute atomic E-state index is 0.203. The number of ether oxygens (including phenoxy) is 1. The molecule has 0 aliphatic rings. The van der Waals surface area contributed by atoms with E-state index in [1.165, 1.54) is 11.6 Å². The average molecular weight is 374 g/mol. The van der Waals surface area contributed by atoms with Crippen molar-refractivity contribution in [2.75, 3.05) is 18.6 Å². The molecule has 1 aromatic carbocycles. The zero-order chi connectivity index (χ0) is 20.4. The van der Waals surface area contributed by atoms with Crippen LogP contribution in [0.4, 0.5) is 10.6 Å². The number of carboxylic acid groups (broad SMARTS) is 1. The molecule has 1 N–H and O–H groups in total. The molecule has 1 heterocycles. The fourth-order valence-corrected chi connectivity index (χ4v) is 3.02. The van der Waals surface area contributed by atoms with E-state index in [0.717, 1.165) is 23.3 Å². The van der Waals surface area contributed by atoms with E-state index in [9.17, 15) is 14.7 Å². The number of anilines is 1. The van der Waals surface area contributed by atoms with E-state index in [1.54, 1.807) is 6.07 Å². The van der Waals surface area contributed by atoms with E-state index in [1.807, 2.05) is 39.8 Å². The number of unbranched alkanes of at least 4 members (excludes halogenated alkanes) is 1. The van der Waals surface area contributed by atoms with E-state index in [2.05, 4.69) is 6.92 Å². The summed E-state index contributed by atoms with van der Waals surface area (Å²) in [6.45, 7) is 10.9. The summed E-state index contributed by atoms with van der Waals surface area (Å²) in [5, 5.41) is 10.8. The monoisotopic (exact) mass is 374 g/mol.